The molecule has 7 N–H and O–H groups in total. The van der Waals surface area contributed by atoms with E-state index in [2.05, 4.69) is 20.6 Å². The Morgan fingerprint density at radius 3 is 2.84 bits per heavy atom. The van der Waals surface area contributed by atoms with Gasteiger partial charge in [-0.2, -0.15) is 4.98 Å². The Kier molecular flexibility index (Phi) is 10.1. The van der Waals surface area contributed by atoms with E-state index in [0.717, 1.165) is 31.2 Å². The summed E-state index contributed by atoms with van der Waals surface area (Å²) in [4.78, 5) is 20.2. The molecule has 0 aliphatic carbocycles. The molecule has 0 unspecified atom stereocenters. The number of aromatic nitrogens is 3. The van der Waals surface area contributed by atoms with Crippen molar-refractivity contribution in [1.82, 2.24) is 25.2 Å². The van der Waals surface area contributed by atoms with E-state index in [1.807, 2.05) is 0 Å². The lowest BCUT2D eigenvalue weighted by Gasteiger charge is -2.32. The normalized spacial score (nSPS) is 17.6. The zero-order chi connectivity index (χ0) is 31.4. The maximum absolute atomic E-state index is 15.5. The zero-order valence-electron chi connectivity index (χ0n) is 24.6. The van der Waals surface area contributed by atoms with E-state index in [4.69, 9.17) is 27.9 Å². The number of hydrogen-bond donors (Lipinski definition) is 6. The van der Waals surface area contributed by atoms with Crippen LogP contribution in [0.5, 0.6) is 0 Å². The number of aromatic amines is 1. The van der Waals surface area contributed by atoms with Crippen molar-refractivity contribution in [1.29, 1.82) is 5.41 Å². The van der Waals surface area contributed by atoms with Gasteiger partial charge in [0.1, 0.15) is 11.5 Å². The van der Waals surface area contributed by atoms with Gasteiger partial charge in [0, 0.05) is 47.4 Å². The number of piperidine rings is 1. The highest BCUT2D eigenvalue weighted by molar-refractivity contribution is 6.31. The van der Waals surface area contributed by atoms with Gasteiger partial charge >= 0.3 is 5.69 Å². The highest BCUT2D eigenvalue weighted by Crippen LogP contribution is 2.32. The van der Waals surface area contributed by atoms with Crippen molar-refractivity contribution in [2.24, 2.45) is 5.73 Å². The fourth-order valence-electron chi connectivity index (χ4n) is 5.84. The van der Waals surface area contributed by atoms with Crippen LogP contribution < -0.4 is 22.1 Å². The van der Waals surface area contributed by atoms with Crippen LogP contribution in [0.15, 0.2) is 47.4 Å². The van der Waals surface area contributed by atoms with Gasteiger partial charge in [0.2, 0.25) is 0 Å². The van der Waals surface area contributed by atoms with Gasteiger partial charge in [0.25, 0.3) is 0 Å². The highest BCUT2D eigenvalue weighted by Gasteiger charge is 2.24. The molecule has 0 saturated carbocycles. The van der Waals surface area contributed by atoms with Gasteiger partial charge in [0.15, 0.2) is 5.82 Å². The van der Waals surface area contributed by atoms with E-state index >= 15 is 8.78 Å². The maximum Gasteiger partial charge on any atom is 0.354 e. The molecule has 1 aliphatic heterocycles. The molecule has 2 aromatic carbocycles. The average Bonchev–Trinajstić information content (AvgIpc) is 3.40. The molecule has 3 atom stereocenters. The van der Waals surface area contributed by atoms with E-state index in [0.29, 0.717) is 54.0 Å². The molecule has 0 amide bonds. The van der Waals surface area contributed by atoms with Gasteiger partial charge in [-0.25, -0.2) is 13.6 Å². The zero-order valence-corrected chi connectivity index (χ0v) is 25.4. The number of H-pyrrole nitrogens is 1. The minimum Gasteiger partial charge on any atom is -0.395 e. The Bertz CT molecular complexity index is 1710. The summed E-state index contributed by atoms with van der Waals surface area (Å²) >= 11 is 6.22. The van der Waals surface area contributed by atoms with Gasteiger partial charge in [-0.15, -0.1) is 0 Å². The fraction of sp³-hybridized carbons (Fsp3) is 0.406. The van der Waals surface area contributed by atoms with E-state index in [1.54, 1.807) is 43.5 Å². The molecule has 44 heavy (non-hydrogen) atoms. The second kappa shape index (κ2) is 14.0. The van der Waals surface area contributed by atoms with Crippen LogP contribution in [0, 0.1) is 17.0 Å². The number of aryl methyl sites for hydroxylation is 1. The van der Waals surface area contributed by atoms with Crippen molar-refractivity contribution in [2.45, 2.75) is 70.0 Å². The molecule has 1 fully saturated rings. The molecular formula is C32H38ClF2N7O2. The van der Waals surface area contributed by atoms with Crippen molar-refractivity contribution in [3.05, 3.63) is 80.9 Å². The number of fused-ring (bicyclic) bond motifs is 1. The lowest BCUT2D eigenvalue weighted by atomic mass is 9.91. The quantitative estimate of drug-likeness (QED) is 0.101. The third-order valence-electron chi connectivity index (χ3n) is 8.16. The van der Waals surface area contributed by atoms with Crippen molar-refractivity contribution >= 4 is 28.5 Å². The first-order valence-corrected chi connectivity index (χ1v) is 15.3. The molecule has 12 heteroatoms. The van der Waals surface area contributed by atoms with E-state index in [1.165, 1.54) is 10.6 Å². The van der Waals surface area contributed by atoms with Crippen LogP contribution in [-0.4, -0.2) is 50.7 Å². The Hall–Kier alpha value is -3.64. The molecule has 9 nitrogen and oxygen atoms in total. The van der Waals surface area contributed by atoms with Gasteiger partial charge < -0.3 is 26.5 Å². The molecule has 0 bridgehead atoms. The van der Waals surface area contributed by atoms with Crippen LogP contribution in [-0.2, 0) is 6.42 Å². The Labute approximate surface area is 259 Å². The summed E-state index contributed by atoms with van der Waals surface area (Å²) in [6, 6.07) is 9.49. The number of aliphatic hydroxyl groups is 1. The van der Waals surface area contributed by atoms with E-state index in [-0.39, 0.29) is 41.0 Å². The molecular weight excluding hydrogens is 588 g/mol. The number of benzene rings is 2. The number of halogens is 3. The minimum atomic E-state index is -0.602. The standard InChI is InChI=1S/C32H38ClF2N7O2/c1-18(36)38-11-10-22-6-3-7-28(39-22)24-9-8-23(15-27(24)34)42-16-20-14-29(40-31(20)41-32(42)44)25-12-19(13-26(33)30(25)35)4-2-5-21(37)17-43/h8-9,12-16,21-22,28,39,43H,2-7,10-11,17,37H2,1H3,(H2,36,38)(H,40,41,44)/t21-,22+,28+/m1/s1. The molecule has 0 radical (unpaired) electrons. The van der Waals surface area contributed by atoms with Crippen LogP contribution in [0.25, 0.3) is 28.0 Å². The Morgan fingerprint density at radius 1 is 1.27 bits per heavy atom. The summed E-state index contributed by atoms with van der Waals surface area (Å²) in [5.41, 5.74) is 7.82. The minimum absolute atomic E-state index is 0.0254. The summed E-state index contributed by atoms with van der Waals surface area (Å²) < 4.78 is 31.9. The van der Waals surface area contributed by atoms with Crippen LogP contribution in [0.4, 0.5) is 8.78 Å². The molecule has 2 aromatic heterocycles. The summed E-state index contributed by atoms with van der Waals surface area (Å²) in [6.45, 7) is 2.29. The summed E-state index contributed by atoms with van der Waals surface area (Å²) in [6.07, 6.45) is 7.09. The van der Waals surface area contributed by atoms with Crippen molar-refractivity contribution in [3.63, 3.8) is 0 Å². The Morgan fingerprint density at radius 2 is 2.09 bits per heavy atom. The first-order valence-electron chi connectivity index (χ1n) is 14.9. The van der Waals surface area contributed by atoms with Crippen molar-refractivity contribution < 1.29 is 13.9 Å². The number of aliphatic hydroxyl groups excluding tert-OH is 1. The van der Waals surface area contributed by atoms with Gasteiger partial charge in [0.05, 0.1) is 28.8 Å². The maximum atomic E-state index is 15.5. The number of hydrogen-bond acceptors (Lipinski definition) is 6. The predicted octanol–water partition coefficient (Wildman–Crippen LogP) is 5.11. The number of nitrogens with zero attached hydrogens (tertiary/aromatic N) is 2. The van der Waals surface area contributed by atoms with Crippen LogP contribution >= 0.6 is 11.6 Å². The topological polar surface area (TPSA) is 145 Å². The molecule has 234 valence electrons. The molecule has 1 saturated heterocycles. The van der Waals surface area contributed by atoms with E-state index in [9.17, 15) is 4.79 Å². The van der Waals surface area contributed by atoms with Gasteiger partial charge in [-0.1, -0.05) is 24.1 Å². The van der Waals surface area contributed by atoms with E-state index < -0.39 is 17.3 Å². The van der Waals surface area contributed by atoms with Crippen LogP contribution in [0.1, 0.15) is 62.6 Å². The molecule has 4 aromatic rings. The highest BCUT2D eigenvalue weighted by atomic mass is 35.5. The number of rotatable bonds is 11. The molecule has 3 heterocycles. The first kappa shape index (κ1) is 31.8. The third-order valence-corrected chi connectivity index (χ3v) is 8.44. The average molecular weight is 626 g/mol. The van der Waals surface area contributed by atoms with Crippen LogP contribution in [0.2, 0.25) is 5.02 Å². The Balaban J connectivity index is 1.37. The summed E-state index contributed by atoms with van der Waals surface area (Å²) in [5.74, 6) is -0.582. The van der Waals surface area contributed by atoms with Gasteiger partial charge in [-0.05, 0) is 81.3 Å². The predicted molar refractivity (Wildman–Crippen MR) is 170 cm³/mol. The van der Waals surface area contributed by atoms with Crippen molar-refractivity contribution in [2.75, 3.05) is 13.2 Å². The SMILES string of the molecule is CC(=N)NCC[C@@H]1CCC[C@@H](c2ccc(-n3cc4cc(-c5cc(CCC[C@@H](N)CO)cc(Cl)c5F)[nH]c4nc3=O)cc2F)N1. The molecule has 0 spiro atoms. The second-order valence-corrected chi connectivity index (χ2v) is 12.0. The monoisotopic (exact) mass is 625 g/mol. The van der Waals surface area contributed by atoms with Crippen LogP contribution in [0.3, 0.4) is 0 Å². The summed E-state index contributed by atoms with van der Waals surface area (Å²) in [5, 5.41) is 23.8. The number of nitrogens with two attached hydrogens (primary N) is 1. The third kappa shape index (κ3) is 7.35. The molecule has 1 aliphatic rings. The smallest absolute Gasteiger partial charge is 0.354 e. The first-order chi connectivity index (χ1) is 21.1. The second-order valence-electron chi connectivity index (χ2n) is 11.5. The largest absolute Gasteiger partial charge is 0.395 e. The number of nitrogens with one attached hydrogen (secondary N) is 4. The molecule has 5 rings (SSSR count). The van der Waals surface area contributed by atoms with Gasteiger partial charge in [-0.3, -0.25) is 9.98 Å². The lowest BCUT2D eigenvalue weighted by Crippen LogP contribution is -2.39. The number of amidine groups is 1. The summed E-state index contributed by atoms with van der Waals surface area (Å²) in [7, 11) is 0. The fourth-order valence-corrected chi connectivity index (χ4v) is 6.09. The lowest BCUT2D eigenvalue weighted by molar-refractivity contribution is 0.258. The van der Waals surface area contributed by atoms with Crippen molar-refractivity contribution in [3.8, 4) is 16.9 Å².